The number of primary sulfonamides is 1. The molecule has 4 nitrogen and oxygen atoms in total. The number of hydrogen-bond donors (Lipinski definition) is 1. The number of rotatable bonds is 3. The van der Waals surface area contributed by atoms with Gasteiger partial charge in [0.15, 0.2) is 0 Å². The third-order valence-corrected chi connectivity index (χ3v) is 4.77. The van der Waals surface area contributed by atoms with Crippen molar-refractivity contribution in [3.8, 4) is 11.5 Å². The van der Waals surface area contributed by atoms with E-state index in [1.165, 1.54) is 6.07 Å². The first-order chi connectivity index (χ1) is 9.68. The molecule has 0 bridgehead atoms. The van der Waals surface area contributed by atoms with Crippen molar-refractivity contribution in [2.75, 3.05) is 0 Å². The standard InChI is InChI=1S/C15H16ClNO3S/c1-9-6-12(4-5-14(9)21(17,18)19)20-13-7-10(2)15(16)11(3)8-13/h4-8H,1-3H3,(H2,17,18,19). The maximum atomic E-state index is 11.4. The molecule has 0 atom stereocenters. The lowest BCUT2D eigenvalue weighted by atomic mass is 10.1. The van der Waals surface area contributed by atoms with Crippen LogP contribution in [0.4, 0.5) is 0 Å². The van der Waals surface area contributed by atoms with Crippen LogP contribution in [-0.4, -0.2) is 8.42 Å². The van der Waals surface area contributed by atoms with Crippen LogP contribution in [0.15, 0.2) is 35.2 Å². The van der Waals surface area contributed by atoms with Crippen molar-refractivity contribution in [2.24, 2.45) is 5.14 Å². The molecule has 2 rings (SSSR count). The molecule has 0 amide bonds. The molecule has 6 heteroatoms. The van der Waals surface area contributed by atoms with Crippen molar-refractivity contribution in [2.45, 2.75) is 25.7 Å². The largest absolute Gasteiger partial charge is 0.457 e. The predicted octanol–water partition coefficient (Wildman–Crippen LogP) is 3.70. The van der Waals surface area contributed by atoms with E-state index in [2.05, 4.69) is 0 Å². The molecule has 0 spiro atoms. The van der Waals surface area contributed by atoms with Crippen LogP contribution >= 0.6 is 11.6 Å². The topological polar surface area (TPSA) is 69.4 Å². The van der Waals surface area contributed by atoms with Crippen LogP contribution in [0, 0.1) is 20.8 Å². The van der Waals surface area contributed by atoms with Crippen molar-refractivity contribution < 1.29 is 13.2 Å². The average Bonchev–Trinajstić information content (AvgIpc) is 2.34. The van der Waals surface area contributed by atoms with Crippen LogP contribution < -0.4 is 9.88 Å². The van der Waals surface area contributed by atoms with Crippen LogP contribution in [-0.2, 0) is 10.0 Å². The van der Waals surface area contributed by atoms with E-state index in [0.717, 1.165) is 11.1 Å². The van der Waals surface area contributed by atoms with Gasteiger partial charge in [0.2, 0.25) is 10.0 Å². The average molecular weight is 326 g/mol. The Balaban J connectivity index is 2.35. The zero-order valence-electron chi connectivity index (χ0n) is 12.0. The third-order valence-electron chi connectivity index (χ3n) is 3.10. The van der Waals surface area contributed by atoms with Gasteiger partial charge in [-0.1, -0.05) is 11.6 Å². The Morgan fingerprint density at radius 1 is 0.952 bits per heavy atom. The van der Waals surface area contributed by atoms with Gasteiger partial charge in [0.25, 0.3) is 0 Å². The quantitative estimate of drug-likeness (QED) is 0.935. The van der Waals surface area contributed by atoms with Crippen LogP contribution in [0.5, 0.6) is 11.5 Å². The van der Waals surface area contributed by atoms with E-state index in [1.54, 1.807) is 19.1 Å². The van der Waals surface area contributed by atoms with Crippen molar-refractivity contribution in [1.82, 2.24) is 0 Å². The maximum absolute atomic E-state index is 11.4. The minimum Gasteiger partial charge on any atom is -0.457 e. The molecule has 2 N–H and O–H groups in total. The van der Waals surface area contributed by atoms with Crippen molar-refractivity contribution in [3.63, 3.8) is 0 Å². The molecule has 0 fully saturated rings. The van der Waals surface area contributed by atoms with Gasteiger partial charge in [-0.25, -0.2) is 13.6 Å². The molecule has 0 radical (unpaired) electrons. The Labute approximate surface area is 129 Å². The van der Waals surface area contributed by atoms with Crippen molar-refractivity contribution >= 4 is 21.6 Å². The highest BCUT2D eigenvalue weighted by Gasteiger charge is 2.12. The summed E-state index contributed by atoms with van der Waals surface area (Å²) < 4.78 is 28.5. The summed E-state index contributed by atoms with van der Waals surface area (Å²) in [6.07, 6.45) is 0. The summed E-state index contributed by atoms with van der Waals surface area (Å²) in [6.45, 7) is 5.47. The Hall–Kier alpha value is -1.56. The zero-order chi connectivity index (χ0) is 15.8. The van der Waals surface area contributed by atoms with Gasteiger partial charge in [-0.3, -0.25) is 0 Å². The number of halogens is 1. The predicted molar refractivity (Wildman–Crippen MR) is 83.6 cm³/mol. The van der Waals surface area contributed by atoms with Crippen LogP contribution in [0.1, 0.15) is 16.7 Å². The lowest BCUT2D eigenvalue weighted by Crippen LogP contribution is -2.13. The minimum atomic E-state index is -3.72. The summed E-state index contributed by atoms with van der Waals surface area (Å²) in [6, 6.07) is 8.32. The number of ether oxygens (including phenoxy) is 1. The molecule has 2 aromatic carbocycles. The second-order valence-corrected chi connectivity index (χ2v) is 6.85. The molecule has 0 unspecified atom stereocenters. The summed E-state index contributed by atoms with van der Waals surface area (Å²) in [5.41, 5.74) is 2.38. The summed E-state index contributed by atoms with van der Waals surface area (Å²) in [4.78, 5) is 0.0957. The van der Waals surface area contributed by atoms with Gasteiger partial charge in [0, 0.05) is 5.02 Å². The molecule has 0 aliphatic carbocycles. The van der Waals surface area contributed by atoms with E-state index in [9.17, 15) is 8.42 Å². The van der Waals surface area contributed by atoms with Crippen LogP contribution in [0.3, 0.4) is 0 Å². The molecule has 2 aromatic rings. The second-order valence-electron chi connectivity index (χ2n) is 4.95. The van der Waals surface area contributed by atoms with Gasteiger partial charge < -0.3 is 4.74 Å². The molecule has 0 heterocycles. The SMILES string of the molecule is Cc1cc(Oc2cc(C)c(Cl)c(C)c2)ccc1S(N)(=O)=O. The summed E-state index contributed by atoms with van der Waals surface area (Å²) in [5.74, 6) is 1.19. The fourth-order valence-electron chi connectivity index (χ4n) is 2.11. The Kier molecular flexibility index (Phi) is 4.27. The lowest BCUT2D eigenvalue weighted by Gasteiger charge is -2.11. The Morgan fingerprint density at radius 2 is 1.48 bits per heavy atom. The number of sulfonamides is 1. The summed E-state index contributed by atoms with van der Waals surface area (Å²) >= 11 is 6.11. The molecular formula is C15H16ClNO3S. The molecular weight excluding hydrogens is 310 g/mol. The fourth-order valence-corrected chi connectivity index (χ4v) is 2.98. The first kappa shape index (κ1) is 15.8. The number of hydrogen-bond acceptors (Lipinski definition) is 3. The van der Waals surface area contributed by atoms with Crippen LogP contribution in [0.25, 0.3) is 0 Å². The number of benzene rings is 2. The third kappa shape index (κ3) is 3.56. The molecule has 112 valence electrons. The summed E-state index contributed by atoms with van der Waals surface area (Å²) in [5, 5.41) is 5.84. The highest BCUT2D eigenvalue weighted by Crippen LogP contribution is 2.30. The smallest absolute Gasteiger partial charge is 0.238 e. The maximum Gasteiger partial charge on any atom is 0.238 e. The second kappa shape index (κ2) is 5.67. The van der Waals surface area contributed by atoms with Gasteiger partial charge in [-0.15, -0.1) is 0 Å². The van der Waals surface area contributed by atoms with E-state index in [0.29, 0.717) is 22.1 Å². The van der Waals surface area contributed by atoms with Gasteiger partial charge in [-0.2, -0.15) is 0 Å². The molecule has 0 aromatic heterocycles. The molecule has 0 aliphatic rings. The Bertz CT molecular complexity index is 778. The van der Waals surface area contributed by atoms with Crippen molar-refractivity contribution in [1.29, 1.82) is 0 Å². The highest BCUT2D eigenvalue weighted by atomic mass is 35.5. The summed E-state index contributed by atoms with van der Waals surface area (Å²) in [7, 11) is -3.72. The fraction of sp³-hybridized carbons (Fsp3) is 0.200. The molecule has 21 heavy (non-hydrogen) atoms. The van der Waals surface area contributed by atoms with Crippen LogP contribution in [0.2, 0.25) is 5.02 Å². The molecule has 0 aliphatic heterocycles. The normalized spacial score (nSPS) is 11.5. The van der Waals surface area contributed by atoms with Gasteiger partial charge in [0.1, 0.15) is 11.5 Å². The first-order valence-corrected chi connectivity index (χ1v) is 8.19. The monoisotopic (exact) mass is 325 g/mol. The van der Waals surface area contributed by atoms with Gasteiger partial charge in [-0.05, 0) is 67.8 Å². The number of aryl methyl sites for hydroxylation is 3. The number of nitrogens with two attached hydrogens (primary N) is 1. The zero-order valence-corrected chi connectivity index (χ0v) is 13.5. The van der Waals surface area contributed by atoms with E-state index in [4.69, 9.17) is 21.5 Å². The van der Waals surface area contributed by atoms with E-state index in [-0.39, 0.29) is 4.90 Å². The van der Waals surface area contributed by atoms with Gasteiger partial charge >= 0.3 is 0 Å². The highest BCUT2D eigenvalue weighted by molar-refractivity contribution is 7.89. The minimum absolute atomic E-state index is 0.0957. The van der Waals surface area contributed by atoms with E-state index >= 15 is 0 Å². The Morgan fingerprint density at radius 3 is 1.95 bits per heavy atom. The van der Waals surface area contributed by atoms with E-state index in [1.807, 2.05) is 26.0 Å². The molecule has 0 saturated carbocycles. The van der Waals surface area contributed by atoms with E-state index < -0.39 is 10.0 Å². The van der Waals surface area contributed by atoms with Gasteiger partial charge in [0.05, 0.1) is 4.90 Å². The molecule has 0 saturated heterocycles. The van der Waals surface area contributed by atoms with Crippen molar-refractivity contribution in [3.05, 3.63) is 52.0 Å². The first-order valence-electron chi connectivity index (χ1n) is 6.26. The lowest BCUT2D eigenvalue weighted by molar-refractivity contribution is 0.481.